The molecule has 0 saturated heterocycles. The largest absolute Gasteiger partial charge is 0.447 e. The van der Waals surface area contributed by atoms with Gasteiger partial charge in [-0.25, -0.2) is 19.3 Å². The molecule has 0 fully saturated rings. The van der Waals surface area contributed by atoms with Crippen LogP contribution in [0.15, 0.2) is 37.4 Å². The number of carbonyl (C=O) groups is 1. The molecule has 0 aromatic carbocycles. The lowest BCUT2D eigenvalue weighted by molar-refractivity contribution is 0.143. The van der Waals surface area contributed by atoms with Gasteiger partial charge >= 0.3 is 6.09 Å². The number of carbonyl (C=O) groups excluding carboxylic acids is 1. The first-order chi connectivity index (χ1) is 7.36. The molecule has 0 aliphatic carbocycles. The molecule has 2 aromatic heterocycles. The molecule has 0 N–H and O–H groups in total. The first kappa shape index (κ1) is 9.45. The molecule has 2 heterocycles. The average molecular weight is 206 g/mol. The van der Waals surface area contributed by atoms with Crippen LogP contribution in [0.4, 0.5) is 4.79 Å². The summed E-state index contributed by atoms with van der Waals surface area (Å²) in [6.45, 7) is 0.911. The number of rotatable bonds is 3. The van der Waals surface area contributed by atoms with Crippen LogP contribution in [0.1, 0.15) is 0 Å². The number of nitrogens with zero attached hydrogens (tertiary/aromatic N) is 4. The van der Waals surface area contributed by atoms with Gasteiger partial charge in [0, 0.05) is 24.8 Å². The molecule has 0 aliphatic rings. The number of hydrogen-bond acceptors (Lipinski definition) is 4. The number of imidazole rings is 2. The van der Waals surface area contributed by atoms with E-state index in [1.807, 2.05) is 10.8 Å². The summed E-state index contributed by atoms with van der Waals surface area (Å²) >= 11 is 0. The van der Waals surface area contributed by atoms with Gasteiger partial charge in [0.2, 0.25) is 0 Å². The van der Waals surface area contributed by atoms with E-state index < -0.39 is 6.09 Å². The van der Waals surface area contributed by atoms with Crippen LogP contribution in [-0.2, 0) is 11.3 Å². The molecule has 6 nitrogen and oxygen atoms in total. The van der Waals surface area contributed by atoms with Crippen molar-refractivity contribution in [2.45, 2.75) is 6.54 Å². The predicted octanol–water partition coefficient (Wildman–Crippen LogP) is 0.764. The van der Waals surface area contributed by atoms with E-state index in [-0.39, 0.29) is 0 Å². The lowest BCUT2D eigenvalue weighted by Gasteiger charge is -2.04. The highest BCUT2D eigenvalue weighted by Crippen LogP contribution is 1.92. The van der Waals surface area contributed by atoms with Crippen LogP contribution in [0.5, 0.6) is 0 Å². The Labute approximate surface area is 86.1 Å². The van der Waals surface area contributed by atoms with Crippen molar-refractivity contribution in [3.8, 4) is 0 Å². The zero-order valence-corrected chi connectivity index (χ0v) is 7.98. The van der Waals surface area contributed by atoms with E-state index in [9.17, 15) is 4.79 Å². The molecule has 2 rings (SSSR count). The van der Waals surface area contributed by atoms with Crippen LogP contribution in [0.25, 0.3) is 0 Å². The van der Waals surface area contributed by atoms with Crippen molar-refractivity contribution in [1.29, 1.82) is 0 Å². The molecule has 6 heteroatoms. The third-order valence-corrected chi connectivity index (χ3v) is 1.85. The summed E-state index contributed by atoms with van der Waals surface area (Å²) < 4.78 is 8.12. The highest BCUT2D eigenvalue weighted by atomic mass is 16.5. The fraction of sp³-hybridized carbons (Fsp3) is 0.222. The maximum absolute atomic E-state index is 11.3. The Hall–Kier alpha value is -2.11. The van der Waals surface area contributed by atoms with Gasteiger partial charge in [-0.2, -0.15) is 0 Å². The standard InChI is InChI=1S/C9H10N4O2/c14-9(13-4-2-11-8-13)15-6-5-12-3-1-10-7-12/h1-4,7-8H,5-6H2. The van der Waals surface area contributed by atoms with E-state index in [1.165, 1.54) is 17.1 Å². The highest BCUT2D eigenvalue weighted by Gasteiger charge is 2.03. The molecule has 0 saturated carbocycles. The summed E-state index contributed by atoms with van der Waals surface area (Å²) in [4.78, 5) is 18.9. The maximum atomic E-state index is 11.3. The summed E-state index contributed by atoms with van der Waals surface area (Å²) in [5.41, 5.74) is 0. The third kappa shape index (κ3) is 2.43. The van der Waals surface area contributed by atoms with Crippen LogP contribution < -0.4 is 0 Å². The molecule has 15 heavy (non-hydrogen) atoms. The minimum absolute atomic E-state index is 0.313. The quantitative estimate of drug-likeness (QED) is 0.744. The summed E-state index contributed by atoms with van der Waals surface area (Å²) in [6, 6.07) is 0. The van der Waals surface area contributed by atoms with Crippen LogP contribution in [0.3, 0.4) is 0 Å². The Morgan fingerprint density at radius 2 is 2.00 bits per heavy atom. The van der Waals surface area contributed by atoms with E-state index >= 15 is 0 Å². The summed E-state index contributed by atoms with van der Waals surface area (Å²) in [6.07, 6.45) is 9.21. The fourth-order valence-corrected chi connectivity index (χ4v) is 1.10. The first-order valence-corrected chi connectivity index (χ1v) is 4.47. The van der Waals surface area contributed by atoms with Gasteiger partial charge in [0.05, 0.1) is 12.9 Å². The molecule has 78 valence electrons. The number of aromatic nitrogens is 4. The van der Waals surface area contributed by atoms with Gasteiger partial charge in [-0.3, -0.25) is 0 Å². The van der Waals surface area contributed by atoms with Gasteiger partial charge in [0.25, 0.3) is 0 Å². The highest BCUT2D eigenvalue weighted by molar-refractivity contribution is 5.69. The van der Waals surface area contributed by atoms with Crippen LogP contribution in [0, 0.1) is 0 Å². The summed E-state index contributed by atoms with van der Waals surface area (Å²) in [5, 5.41) is 0. The van der Waals surface area contributed by atoms with E-state index in [1.54, 1.807) is 18.7 Å². The van der Waals surface area contributed by atoms with E-state index in [4.69, 9.17) is 4.74 Å². The van der Waals surface area contributed by atoms with Crippen molar-refractivity contribution in [2.24, 2.45) is 0 Å². The van der Waals surface area contributed by atoms with Crippen molar-refractivity contribution in [1.82, 2.24) is 19.1 Å². The minimum Gasteiger partial charge on any atom is -0.447 e. The van der Waals surface area contributed by atoms with Crippen molar-refractivity contribution < 1.29 is 9.53 Å². The van der Waals surface area contributed by atoms with Gasteiger partial charge in [-0.15, -0.1) is 0 Å². The van der Waals surface area contributed by atoms with Gasteiger partial charge in [-0.1, -0.05) is 0 Å². The Balaban J connectivity index is 1.77. The van der Waals surface area contributed by atoms with Gasteiger partial charge in [0.15, 0.2) is 0 Å². The molecule has 2 aromatic rings. The summed E-state index contributed by atoms with van der Waals surface area (Å²) in [7, 11) is 0. The maximum Gasteiger partial charge on any atom is 0.419 e. The lowest BCUT2D eigenvalue weighted by atomic mass is 10.6. The monoisotopic (exact) mass is 206 g/mol. The molecule has 0 aliphatic heterocycles. The predicted molar refractivity (Wildman–Crippen MR) is 51.2 cm³/mol. The van der Waals surface area contributed by atoms with E-state index in [0.717, 1.165) is 0 Å². The van der Waals surface area contributed by atoms with Crippen LogP contribution >= 0.6 is 0 Å². The van der Waals surface area contributed by atoms with Crippen LogP contribution in [-0.4, -0.2) is 31.8 Å². The smallest absolute Gasteiger partial charge is 0.419 e. The van der Waals surface area contributed by atoms with E-state index in [2.05, 4.69) is 9.97 Å². The molecule has 0 radical (unpaired) electrons. The average Bonchev–Trinajstić information content (AvgIpc) is 2.90. The fourth-order valence-electron chi connectivity index (χ4n) is 1.10. The van der Waals surface area contributed by atoms with Gasteiger partial charge in [0.1, 0.15) is 12.9 Å². The Morgan fingerprint density at radius 1 is 1.20 bits per heavy atom. The normalized spacial score (nSPS) is 10.1. The minimum atomic E-state index is -0.424. The Kier molecular flexibility index (Phi) is 2.77. The third-order valence-electron chi connectivity index (χ3n) is 1.85. The van der Waals surface area contributed by atoms with Crippen molar-refractivity contribution in [2.75, 3.05) is 6.61 Å². The van der Waals surface area contributed by atoms with Gasteiger partial charge in [-0.05, 0) is 0 Å². The Bertz CT molecular complexity index is 407. The molecule has 0 unspecified atom stereocenters. The molecule has 0 atom stereocenters. The molecular formula is C9H10N4O2. The zero-order chi connectivity index (χ0) is 10.5. The molecule has 0 bridgehead atoms. The second kappa shape index (κ2) is 4.41. The van der Waals surface area contributed by atoms with E-state index in [0.29, 0.717) is 13.2 Å². The van der Waals surface area contributed by atoms with Crippen LogP contribution in [0.2, 0.25) is 0 Å². The second-order valence-electron chi connectivity index (χ2n) is 2.88. The molecule has 0 spiro atoms. The first-order valence-electron chi connectivity index (χ1n) is 4.47. The topological polar surface area (TPSA) is 61.9 Å². The zero-order valence-electron chi connectivity index (χ0n) is 7.98. The Morgan fingerprint density at radius 3 is 2.67 bits per heavy atom. The van der Waals surface area contributed by atoms with Crippen molar-refractivity contribution >= 4 is 6.09 Å². The SMILES string of the molecule is O=C(OCCn1ccnc1)n1ccnc1. The van der Waals surface area contributed by atoms with Crippen molar-refractivity contribution in [3.63, 3.8) is 0 Å². The summed E-state index contributed by atoms with van der Waals surface area (Å²) in [5.74, 6) is 0. The molecule has 0 amide bonds. The number of ether oxygens (including phenoxy) is 1. The lowest BCUT2D eigenvalue weighted by Crippen LogP contribution is -2.15. The van der Waals surface area contributed by atoms with Crippen molar-refractivity contribution in [3.05, 3.63) is 37.4 Å². The second-order valence-corrected chi connectivity index (χ2v) is 2.88. The number of hydrogen-bond donors (Lipinski definition) is 0. The van der Waals surface area contributed by atoms with Gasteiger partial charge < -0.3 is 9.30 Å². The molecular weight excluding hydrogens is 196 g/mol.